The van der Waals surface area contributed by atoms with E-state index in [2.05, 4.69) is 43.1 Å². The summed E-state index contributed by atoms with van der Waals surface area (Å²) in [6, 6.07) is 2.06. The van der Waals surface area contributed by atoms with Gasteiger partial charge in [0.2, 0.25) is 0 Å². The second-order valence-corrected chi connectivity index (χ2v) is 6.59. The van der Waals surface area contributed by atoms with Crippen LogP contribution < -0.4 is 10.6 Å². The number of aryl methyl sites for hydroxylation is 1. The van der Waals surface area contributed by atoms with Crippen LogP contribution in [0.15, 0.2) is 17.8 Å². The van der Waals surface area contributed by atoms with Crippen LogP contribution in [0.5, 0.6) is 0 Å². The molecule has 0 saturated carbocycles. The molecular weight excluding hydrogens is 296 g/mol. The van der Waals surface area contributed by atoms with Gasteiger partial charge in [0.05, 0.1) is 10.7 Å². The molecule has 2 aromatic rings. The van der Waals surface area contributed by atoms with Gasteiger partial charge >= 0.3 is 0 Å². The maximum Gasteiger partial charge on any atom is 0.132 e. The largest absolute Gasteiger partial charge is 0.354 e. The van der Waals surface area contributed by atoms with E-state index in [-0.39, 0.29) is 0 Å². The predicted molar refractivity (Wildman–Crippen MR) is 89.1 cm³/mol. The Morgan fingerprint density at radius 3 is 2.68 bits per heavy atom. The molecule has 1 fully saturated rings. The molecule has 0 radical (unpaired) electrons. The van der Waals surface area contributed by atoms with Crippen molar-refractivity contribution in [2.24, 2.45) is 5.73 Å². The van der Waals surface area contributed by atoms with Crippen molar-refractivity contribution in [2.75, 3.05) is 37.6 Å². The van der Waals surface area contributed by atoms with Gasteiger partial charge in [0, 0.05) is 56.3 Å². The summed E-state index contributed by atoms with van der Waals surface area (Å²) in [5.74, 6) is 1.02. The summed E-state index contributed by atoms with van der Waals surface area (Å²) >= 11 is 1.72. The maximum absolute atomic E-state index is 5.60. The van der Waals surface area contributed by atoms with Crippen LogP contribution in [0.3, 0.4) is 0 Å². The molecule has 1 aliphatic rings. The average molecular weight is 318 g/mol. The number of hydrogen-bond donors (Lipinski definition) is 1. The third-order valence-corrected chi connectivity index (χ3v) is 4.68. The summed E-state index contributed by atoms with van der Waals surface area (Å²) < 4.78 is 0. The molecule has 3 heterocycles. The van der Waals surface area contributed by atoms with E-state index >= 15 is 0 Å². The van der Waals surface area contributed by atoms with Crippen molar-refractivity contribution in [1.29, 1.82) is 0 Å². The first-order valence-electron chi connectivity index (χ1n) is 7.64. The molecule has 1 aliphatic heterocycles. The second-order valence-electron chi connectivity index (χ2n) is 5.53. The number of hydrogen-bond acceptors (Lipinski definition) is 7. The van der Waals surface area contributed by atoms with Crippen molar-refractivity contribution in [3.8, 4) is 0 Å². The highest BCUT2D eigenvalue weighted by molar-refractivity contribution is 7.09. The molecule has 0 atom stereocenters. The Hall–Kier alpha value is -1.57. The highest BCUT2D eigenvalue weighted by atomic mass is 32.1. The van der Waals surface area contributed by atoms with Crippen molar-refractivity contribution < 1.29 is 0 Å². The minimum absolute atomic E-state index is 0.622. The zero-order valence-corrected chi connectivity index (χ0v) is 13.7. The SMILES string of the molecule is Cc1nc(CN2CCN(c3cc(CCN)ncn3)CC2)cs1. The predicted octanol–water partition coefficient (Wildman–Crippen LogP) is 1.06. The third-order valence-electron chi connectivity index (χ3n) is 3.86. The molecule has 0 spiro atoms. The zero-order valence-electron chi connectivity index (χ0n) is 12.9. The fraction of sp³-hybridized carbons (Fsp3) is 0.533. The average Bonchev–Trinajstić information content (AvgIpc) is 2.94. The highest BCUT2D eigenvalue weighted by Crippen LogP contribution is 2.16. The van der Waals surface area contributed by atoms with Gasteiger partial charge in [-0.25, -0.2) is 15.0 Å². The Labute approximate surface area is 135 Å². The van der Waals surface area contributed by atoms with Crippen LogP contribution in [0, 0.1) is 6.92 Å². The normalized spacial score (nSPS) is 16.2. The van der Waals surface area contributed by atoms with E-state index in [9.17, 15) is 0 Å². The summed E-state index contributed by atoms with van der Waals surface area (Å²) in [6.07, 6.45) is 2.45. The van der Waals surface area contributed by atoms with E-state index in [4.69, 9.17) is 5.73 Å². The van der Waals surface area contributed by atoms with Crippen molar-refractivity contribution >= 4 is 17.2 Å². The van der Waals surface area contributed by atoms with Crippen molar-refractivity contribution in [3.05, 3.63) is 34.2 Å². The third kappa shape index (κ3) is 3.79. The molecule has 0 aliphatic carbocycles. The van der Waals surface area contributed by atoms with Gasteiger partial charge in [-0.1, -0.05) is 0 Å². The lowest BCUT2D eigenvalue weighted by molar-refractivity contribution is 0.247. The molecule has 0 bridgehead atoms. The van der Waals surface area contributed by atoms with E-state index in [1.165, 1.54) is 5.69 Å². The molecule has 2 N–H and O–H groups in total. The van der Waals surface area contributed by atoms with E-state index in [1.54, 1.807) is 17.7 Å². The van der Waals surface area contributed by atoms with Gasteiger partial charge in [0.1, 0.15) is 12.1 Å². The van der Waals surface area contributed by atoms with Crippen LogP contribution in [-0.4, -0.2) is 52.6 Å². The number of nitrogens with zero attached hydrogens (tertiary/aromatic N) is 5. The molecule has 3 rings (SSSR count). The Kier molecular flexibility index (Phi) is 4.97. The maximum atomic E-state index is 5.60. The molecule has 118 valence electrons. The molecule has 22 heavy (non-hydrogen) atoms. The summed E-state index contributed by atoms with van der Waals surface area (Å²) in [5.41, 5.74) is 7.80. The fourth-order valence-corrected chi connectivity index (χ4v) is 3.29. The van der Waals surface area contributed by atoms with Crippen molar-refractivity contribution in [3.63, 3.8) is 0 Å². The van der Waals surface area contributed by atoms with Crippen molar-refractivity contribution in [1.82, 2.24) is 19.9 Å². The lowest BCUT2D eigenvalue weighted by Crippen LogP contribution is -2.46. The van der Waals surface area contributed by atoms with E-state index < -0.39 is 0 Å². The molecule has 0 amide bonds. The first-order chi connectivity index (χ1) is 10.7. The van der Waals surface area contributed by atoms with E-state index in [1.807, 2.05) is 0 Å². The molecular formula is C15H22N6S. The lowest BCUT2D eigenvalue weighted by Gasteiger charge is -2.35. The van der Waals surface area contributed by atoms with Crippen LogP contribution in [0.25, 0.3) is 0 Å². The van der Waals surface area contributed by atoms with Crippen molar-refractivity contribution in [2.45, 2.75) is 19.9 Å². The standard InChI is InChI=1S/C15H22N6S/c1-12-19-14(10-22-12)9-20-4-6-21(7-5-20)15-8-13(2-3-16)17-11-18-15/h8,10-11H,2-7,9,16H2,1H3. The molecule has 7 heteroatoms. The quantitative estimate of drug-likeness (QED) is 0.889. The number of aromatic nitrogens is 3. The minimum atomic E-state index is 0.622. The van der Waals surface area contributed by atoms with E-state index in [0.29, 0.717) is 6.54 Å². The van der Waals surface area contributed by atoms with Gasteiger partial charge < -0.3 is 10.6 Å². The van der Waals surface area contributed by atoms with Crippen LogP contribution in [0.1, 0.15) is 16.4 Å². The smallest absolute Gasteiger partial charge is 0.132 e. The number of piperazine rings is 1. The first-order valence-corrected chi connectivity index (χ1v) is 8.52. The van der Waals surface area contributed by atoms with Crippen LogP contribution in [0.4, 0.5) is 5.82 Å². The van der Waals surface area contributed by atoms with Gasteiger partial charge in [0.25, 0.3) is 0 Å². The Bertz CT molecular complexity index is 606. The first kappa shape index (κ1) is 15.3. The summed E-state index contributed by atoms with van der Waals surface area (Å²) in [5, 5.41) is 3.30. The minimum Gasteiger partial charge on any atom is -0.354 e. The topological polar surface area (TPSA) is 71.2 Å². The van der Waals surface area contributed by atoms with Gasteiger partial charge in [-0.2, -0.15) is 0 Å². The molecule has 0 aromatic carbocycles. The lowest BCUT2D eigenvalue weighted by atomic mass is 10.2. The van der Waals surface area contributed by atoms with Gasteiger partial charge in [-0.3, -0.25) is 4.90 Å². The van der Waals surface area contributed by atoms with Crippen LogP contribution in [-0.2, 0) is 13.0 Å². The summed E-state index contributed by atoms with van der Waals surface area (Å²) in [6.45, 7) is 7.67. The Balaban J connectivity index is 1.56. The zero-order chi connectivity index (χ0) is 15.4. The molecule has 2 aromatic heterocycles. The van der Waals surface area contributed by atoms with Crippen LogP contribution in [0.2, 0.25) is 0 Å². The number of rotatable bonds is 5. The van der Waals surface area contributed by atoms with Crippen LogP contribution >= 0.6 is 11.3 Å². The number of anilines is 1. The Morgan fingerprint density at radius 2 is 2.00 bits per heavy atom. The summed E-state index contributed by atoms with van der Waals surface area (Å²) in [4.78, 5) is 18.0. The molecule has 6 nitrogen and oxygen atoms in total. The number of thiazole rings is 1. The number of nitrogens with two attached hydrogens (primary N) is 1. The molecule has 1 saturated heterocycles. The van der Waals surface area contributed by atoms with E-state index in [0.717, 1.165) is 55.7 Å². The fourth-order valence-electron chi connectivity index (χ4n) is 2.69. The van der Waals surface area contributed by atoms with Gasteiger partial charge in [-0.15, -0.1) is 11.3 Å². The highest BCUT2D eigenvalue weighted by Gasteiger charge is 2.19. The monoisotopic (exact) mass is 318 g/mol. The molecule has 0 unspecified atom stereocenters. The van der Waals surface area contributed by atoms with Gasteiger partial charge in [0.15, 0.2) is 0 Å². The second kappa shape index (κ2) is 7.13. The summed E-state index contributed by atoms with van der Waals surface area (Å²) in [7, 11) is 0. The Morgan fingerprint density at radius 1 is 1.18 bits per heavy atom. The van der Waals surface area contributed by atoms with Gasteiger partial charge in [-0.05, 0) is 13.5 Å².